The first-order valence-corrected chi connectivity index (χ1v) is 6.80. The van der Waals surface area contributed by atoms with Gasteiger partial charge in [0.25, 0.3) is 0 Å². The molecular formula is C15H23NO4. The summed E-state index contributed by atoms with van der Waals surface area (Å²) in [5, 5.41) is 22.3. The van der Waals surface area contributed by atoms with E-state index in [0.29, 0.717) is 6.42 Å². The van der Waals surface area contributed by atoms with Crippen LogP contribution in [0, 0.1) is 0 Å². The highest BCUT2D eigenvalue weighted by molar-refractivity contribution is 5.73. The summed E-state index contributed by atoms with van der Waals surface area (Å²) in [7, 11) is 1.58. The molecule has 3 atom stereocenters. The maximum Gasteiger partial charge on any atom is 0.320 e. The van der Waals surface area contributed by atoms with Gasteiger partial charge in [0.2, 0.25) is 0 Å². The first-order valence-electron chi connectivity index (χ1n) is 6.80. The molecule has 0 aromatic heterocycles. The molecule has 3 unspecified atom stereocenters. The highest BCUT2D eigenvalue weighted by atomic mass is 16.5. The maximum absolute atomic E-state index is 11.1. The molecule has 0 aliphatic carbocycles. The van der Waals surface area contributed by atoms with Crippen LogP contribution < -0.4 is 10.1 Å². The van der Waals surface area contributed by atoms with Crippen LogP contribution in [-0.2, 0) is 4.79 Å². The van der Waals surface area contributed by atoms with Crippen LogP contribution in [0.2, 0.25) is 0 Å². The van der Waals surface area contributed by atoms with E-state index in [1.165, 1.54) is 0 Å². The van der Waals surface area contributed by atoms with Crippen molar-refractivity contribution in [1.29, 1.82) is 0 Å². The van der Waals surface area contributed by atoms with Gasteiger partial charge in [0.05, 0.1) is 13.2 Å². The van der Waals surface area contributed by atoms with Crippen molar-refractivity contribution in [2.45, 2.75) is 44.9 Å². The second-order valence-electron chi connectivity index (χ2n) is 4.85. The van der Waals surface area contributed by atoms with Crippen molar-refractivity contribution in [2.75, 3.05) is 7.11 Å². The molecule has 5 heteroatoms. The summed E-state index contributed by atoms with van der Waals surface area (Å²) in [6.07, 6.45) is 0.546. The van der Waals surface area contributed by atoms with Crippen molar-refractivity contribution >= 4 is 5.97 Å². The maximum atomic E-state index is 11.1. The second-order valence-corrected chi connectivity index (χ2v) is 4.85. The zero-order chi connectivity index (χ0) is 15.1. The van der Waals surface area contributed by atoms with Gasteiger partial charge in [0, 0.05) is 6.04 Å². The molecular weight excluding hydrogens is 258 g/mol. The van der Waals surface area contributed by atoms with Gasteiger partial charge in [-0.3, -0.25) is 10.1 Å². The number of methoxy groups -OCH3 is 1. The molecule has 5 nitrogen and oxygen atoms in total. The van der Waals surface area contributed by atoms with Crippen molar-refractivity contribution in [3.05, 3.63) is 29.8 Å². The zero-order valence-corrected chi connectivity index (χ0v) is 12.2. The molecule has 0 aliphatic rings. The highest BCUT2D eigenvalue weighted by Crippen LogP contribution is 2.20. The molecule has 1 rings (SSSR count). The highest BCUT2D eigenvalue weighted by Gasteiger charge is 2.23. The molecule has 0 saturated heterocycles. The van der Waals surface area contributed by atoms with Crippen LogP contribution in [0.25, 0.3) is 0 Å². The lowest BCUT2D eigenvalue weighted by Crippen LogP contribution is -2.44. The zero-order valence-electron chi connectivity index (χ0n) is 12.2. The summed E-state index contributed by atoms with van der Waals surface area (Å²) in [5.74, 6) is -0.170. The van der Waals surface area contributed by atoms with Crippen molar-refractivity contribution in [3.63, 3.8) is 0 Å². The summed E-state index contributed by atoms with van der Waals surface area (Å²) < 4.78 is 5.06. The van der Waals surface area contributed by atoms with Crippen molar-refractivity contribution in [3.8, 4) is 5.75 Å². The SMILES string of the molecule is CCCC(NC(C)C(O)c1ccc(OC)cc1)C(=O)O. The quantitative estimate of drug-likeness (QED) is 0.679. The van der Waals surface area contributed by atoms with Gasteiger partial charge in [-0.1, -0.05) is 25.5 Å². The smallest absolute Gasteiger partial charge is 0.320 e. The Kier molecular flexibility index (Phi) is 6.48. The number of aliphatic carboxylic acids is 1. The van der Waals surface area contributed by atoms with E-state index in [4.69, 9.17) is 9.84 Å². The Hall–Kier alpha value is -1.59. The van der Waals surface area contributed by atoms with Gasteiger partial charge in [-0.05, 0) is 31.0 Å². The topological polar surface area (TPSA) is 78.8 Å². The molecule has 0 heterocycles. The Morgan fingerprint density at radius 3 is 2.40 bits per heavy atom. The number of carboxylic acid groups (broad SMARTS) is 1. The van der Waals surface area contributed by atoms with Crippen LogP contribution in [0.3, 0.4) is 0 Å². The minimum Gasteiger partial charge on any atom is -0.497 e. The van der Waals surface area contributed by atoms with Crippen LogP contribution in [0.15, 0.2) is 24.3 Å². The normalized spacial score (nSPS) is 15.4. The molecule has 1 aromatic rings. The summed E-state index contributed by atoms with van der Waals surface area (Å²) in [6.45, 7) is 3.71. The van der Waals surface area contributed by atoms with E-state index in [1.807, 2.05) is 6.92 Å². The van der Waals surface area contributed by atoms with Crippen LogP contribution in [-0.4, -0.2) is 35.4 Å². The number of carboxylic acids is 1. The number of hydrogen-bond acceptors (Lipinski definition) is 4. The van der Waals surface area contributed by atoms with E-state index in [2.05, 4.69) is 5.32 Å². The van der Waals surface area contributed by atoms with Crippen molar-refractivity contribution < 1.29 is 19.7 Å². The van der Waals surface area contributed by atoms with E-state index in [9.17, 15) is 9.90 Å². The Morgan fingerprint density at radius 1 is 1.35 bits per heavy atom. The van der Waals surface area contributed by atoms with E-state index in [1.54, 1.807) is 38.3 Å². The molecule has 0 saturated carbocycles. The van der Waals surface area contributed by atoms with Gasteiger partial charge in [-0.25, -0.2) is 0 Å². The lowest BCUT2D eigenvalue weighted by molar-refractivity contribution is -0.140. The molecule has 112 valence electrons. The summed E-state index contributed by atoms with van der Waals surface area (Å²) in [4.78, 5) is 11.1. The van der Waals surface area contributed by atoms with E-state index < -0.39 is 18.1 Å². The molecule has 20 heavy (non-hydrogen) atoms. The number of hydrogen-bond donors (Lipinski definition) is 3. The fourth-order valence-electron chi connectivity index (χ4n) is 2.07. The van der Waals surface area contributed by atoms with Gasteiger partial charge < -0.3 is 14.9 Å². The fourth-order valence-corrected chi connectivity index (χ4v) is 2.07. The molecule has 0 bridgehead atoms. The fraction of sp³-hybridized carbons (Fsp3) is 0.533. The lowest BCUT2D eigenvalue weighted by atomic mass is 10.0. The summed E-state index contributed by atoms with van der Waals surface area (Å²) in [5.41, 5.74) is 0.728. The number of aliphatic hydroxyl groups is 1. The largest absolute Gasteiger partial charge is 0.497 e. The number of carbonyl (C=O) groups is 1. The van der Waals surface area contributed by atoms with Crippen LogP contribution >= 0.6 is 0 Å². The van der Waals surface area contributed by atoms with Crippen molar-refractivity contribution in [2.24, 2.45) is 0 Å². The standard InChI is InChI=1S/C15H23NO4/c1-4-5-13(15(18)19)16-10(2)14(17)11-6-8-12(20-3)9-7-11/h6-10,13-14,16-17H,4-5H2,1-3H3,(H,18,19). The minimum atomic E-state index is -0.888. The average molecular weight is 281 g/mol. The first-order chi connectivity index (χ1) is 9.49. The van der Waals surface area contributed by atoms with E-state index >= 15 is 0 Å². The third-order valence-electron chi connectivity index (χ3n) is 3.27. The Labute approximate surface area is 119 Å². The molecule has 0 fully saturated rings. The minimum absolute atomic E-state index is 0.351. The predicted molar refractivity (Wildman–Crippen MR) is 76.9 cm³/mol. The number of nitrogens with one attached hydrogen (secondary N) is 1. The summed E-state index contributed by atoms with van der Waals surface area (Å²) in [6, 6.07) is 6.10. The number of aliphatic hydroxyl groups excluding tert-OH is 1. The van der Waals surface area contributed by atoms with Crippen LogP contribution in [0.1, 0.15) is 38.4 Å². The van der Waals surface area contributed by atoms with E-state index in [-0.39, 0.29) is 6.04 Å². The van der Waals surface area contributed by atoms with E-state index in [0.717, 1.165) is 17.7 Å². The van der Waals surface area contributed by atoms with Gasteiger partial charge in [-0.2, -0.15) is 0 Å². The second kappa shape index (κ2) is 7.87. The molecule has 0 spiro atoms. The average Bonchev–Trinajstić information content (AvgIpc) is 2.45. The third kappa shape index (κ3) is 4.51. The molecule has 0 radical (unpaired) electrons. The number of benzene rings is 1. The lowest BCUT2D eigenvalue weighted by Gasteiger charge is -2.24. The van der Waals surface area contributed by atoms with Crippen LogP contribution in [0.4, 0.5) is 0 Å². The number of rotatable bonds is 8. The van der Waals surface area contributed by atoms with Gasteiger partial charge >= 0.3 is 5.97 Å². The van der Waals surface area contributed by atoms with Gasteiger partial charge in [0.1, 0.15) is 11.8 Å². The predicted octanol–water partition coefficient (Wildman–Crippen LogP) is 1.96. The Bertz CT molecular complexity index is 418. The Morgan fingerprint density at radius 2 is 1.95 bits per heavy atom. The Balaban J connectivity index is 2.69. The summed E-state index contributed by atoms with van der Waals surface area (Å²) >= 11 is 0. The van der Waals surface area contributed by atoms with Crippen LogP contribution in [0.5, 0.6) is 5.75 Å². The monoisotopic (exact) mass is 281 g/mol. The molecule has 3 N–H and O–H groups in total. The number of ether oxygens (including phenoxy) is 1. The first kappa shape index (κ1) is 16.5. The third-order valence-corrected chi connectivity index (χ3v) is 3.27. The van der Waals surface area contributed by atoms with Crippen molar-refractivity contribution in [1.82, 2.24) is 5.32 Å². The van der Waals surface area contributed by atoms with Gasteiger partial charge in [0.15, 0.2) is 0 Å². The molecule has 0 amide bonds. The molecule has 0 aliphatic heterocycles. The van der Waals surface area contributed by atoms with Gasteiger partial charge in [-0.15, -0.1) is 0 Å². The molecule has 1 aromatic carbocycles.